The van der Waals surface area contributed by atoms with Crippen molar-refractivity contribution in [2.45, 2.75) is 45.2 Å². The lowest BCUT2D eigenvalue weighted by atomic mass is 9.86. The van der Waals surface area contributed by atoms with Crippen LogP contribution in [0, 0.1) is 13.8 Å². The molecule has 1 atom stereocenters. The molecule has 1 aliphatic carbocycles. The van der Waals surface area contributed by atoms with Crippen molar-refractivity contribution in [3.63, 3.8) is 0 Å². The number of hydrogen-bond donors (Lipinski definition) is 1. The summed E-state index contributed by atoms with van der Waals surface area (Å²) in [5.74, 6) is -0.988. The van der Waals surface area contributed by atoms with Crippen LogP contribution < -0.4 is 0 Å². The summed E-state index contributed by atoms with van der Waals surface area (Å²) in [7, 11) is 0. The molecular weight excluding hydrogens is 242 g/mol. The van der Waals surface area contributed by atoms with Gasteiger partial charge in [-0.3, -0.25) is 4.79 Å². The van der Waals surface area contributed by atoms with E-state index in [9.17, 15) is 14.7 Å². The first kappa shape index (κ1) is 13.6. The van der Waals surface area contributed by atoms with E-state index in [2.05, 4.69) is 0 Å². The Labute approximate surface area is 113 Å². The number of benzene rings is 1. The maximum Gasteiger partial charge on any atom is 0.334 e. The Morgan fingerprint density at radius 1 is 1.42 bits per heavy atom. The lowest BCUT2D eigenvalue weighted by molar-refractivity contribution is -0.155. The molecule has 102 valence electrons. The van der Waals surface area contributed by atoms with Gasteiger partial charge in [0, 0.05) is 6.04 Å². The van der Waals surface area contributed by atoms with Crippen LogP contribution in [0.1, 0.15) is 36.5 Å². The Morgan fingerprint density at radius 2 is 2.05 bits per heavy atom. The number of rotatable bonds is 5. The third-order valence-corrected chi connectivity index (χ3v) is 3.89. The second kappa shape index (κ2) is 4.68. The Bertz CT molecular complexity index is 522. The van der Waals surface area contributed by atoms with Crippen molar-refractivity contribution in [3.05, 3.63) is 34.9 Å². The molecule has 19 heavy (non-hydrogen) atoms. The van der Waals surface area contributed by atoms with Crippen LogP contribution in [0.2, 0.25) is 0 Å². The van der Waals surface area contributed by atoms with Gasteiger partial charge >= 0.3 is 5.97 Å². The SMILES string of the molecule is Cc1ccc(C(C)(C(=O)O)N(C=O)C2CC2)c(C)c1. The minimum absolute atomic E-state index is 0.0549. The molecule has 1 aliphatic rings. The number of carbonyl (C=O) groups is 2. The molecule has 0 bridgehead atoms. The molecule has 1 saturated carbocycles. The second-order valence-electron chi connectivity index (χ2n) is 5.44. The molecule has 4 nitrogen and oxygen atoms in total. The molecule has 0 aliphatic heterocycles. The first-order chi connectivity index (χ1) is 8.91. The van der Waals surface area contributed by atoms with E-state index in [1.54, 1.807) is 6.92 Å². The molecule has 1 unspecified atom stereocenters. The third-order valence-electron chi connectivity index (χ3n) is 3.89. The average molecular weight is 261 g/mol. The van der Waals surface area contributed by atoms with Crippen molar-refractivity contribution in [3.8, 4) is 0 Å². The number of carboxylic acids is 1. The fourth-order valence-electron chi connectivity index (χ4n) is 2.63. The lowest BCUT2D eigenvalue weighted by Crippen LogP contribution is -2.50. The largest absolute Gasteiger partial charge is 0.479 e. The fourth-order valence-corrected chi connectivity index (χ4v) is 2.63. The summed E-state index contributed by atoms with van der Waals surface area (Å²) in [6, 6.07) is 5.71. The molecule has 1 aromatic rings. The predicted molar refractivity (Wildman–Crippen MR) is 71.8 cm³/mol. The number of aliphatic carboxylic acids is 1. The van der Waals surface area contributed by atoms with Gasteiger partial charge in [0.05, 0.1) is 0 Å². The van der Waals surface area contributed by atoms with Gasteiger partial charge in [0.25, 0.3) is 0 Å². The topological polar surface area (TPSA) is 57.6 Å². The van der Waals surface area contributed by atoms with Gasteiger partial charge in [0.1, 0.15) is 0 Å². The van der Waals surface area contributed by atoms with Gasteiger partial charge in [0.15, 0.2) is 5.54 Å². The third kappa shape index (κ3) is 2.23. The zero-order valence-corrected chi connectivity index (χ0v) is 11.5. The Morgan fingerprint density at radius 3 is 2.47 bits per heavy atom. The summed E-state index contributed by atoms with van der Waals surface area (Å²) in [6.45, 7) is 5.46. The number of hydrogen-bond acceptors (Lipinski definition) is 2. The highest BCUT2D eigenvalue weighted by Crippen LogP contribution is 2.38. The van der Waals surface area contributed by atoms with Gasteiger partial charge in [-0.05, 0) is 44.7 Å². The van der Waals surface area contributed by atoms with Crippen LogP contribution in [0.3, 0.4) is 0 Å². The summed E-state index contributed by atoms with van der Waals surface area (Å²) in [6.07, 6.45) is 2.43. The highest BCUT2D eigenvalue weighted by atomic mass is 16.4. The first-order valence-electron chi connectivity index (χ1n) is 6.46. The van der Waals surface area contributed by atoms with Crippen molar-refractivity contribution in [2.24, 2.45) is 0 Å². The van der Waals surface area contributed by atoms with E-state index in [0.29, 0.717) is 12.0 Å². The van der Waals surface area contributed by atoms with Crippen LogP contribution in [0.4, 0.5) is 0 Å². The zero-order chi connectivity index (χ0) is 14.2. The predicted octanol–water partition coefficient (Wildman–Crippen LogP) is 2.22. The molecule has 0 radical (unpaired) electrons. The number of carboxylic acid groups (broad SMARTS) is 1. The maximum absolute atomic E-state index is 11.8. The number of carbonyl (C=O) groups excluding carboxylic acids is 1. The molecule has 0 heterocycles. The van der Waals surface area contributed by atoms with Crippen molar-refractivity contribution in [1.82, 2.24) is 4.90 Å². The van der Waals surface area contributed by atoms with E-state index >= 15 is 0 Å². The summed E-state index contributed by atoms with van der Waals surface area (Å²) < 4.78 is 0. The summed E-state index contributed by atoms with van der Waals surface area (Å²) in [5.41, 5.74) is 1.38. The maximum atomic E-state index is 11.8. The van der Waals surface area contributed by atoms with Gasteiger partial charge < -0.3 is 10.0 Å². The minimum Gasteiger partial charge on any atom is -0.479 e. The Kier molecular flexibility index (Phi) is 3.35. The Hall–Kier alpha value is -1.84. The standard InChI is InChI=1S/C15H19NO3/c1-10-4-7-13(11(2)8-10)15(3,14(18)19)16(9-17)12-5-6-12/h4,7-9,12H,5-6H2,1-3H3,(H,18,19). The molecule has 1 amide bonds. The van der Waals surface area contributed by atoms with Crippen LogP contribution in [0.5, 0.6) is 0 Å². The van der Waals surface area contributed by atoms with Crippen LogP contribution in [-0.4, -0.2) is 28.4 Å². The van der Waals surface area contributed by atoms with Gasteiger partial charge in [0.2, 0.25) is 6.41 Å². The smallest absolute Gasteiger partial charge is 0.334 e. The summed E-state index contributed by atoms with van der Waals surface area (Å²) >= 11 is 0. The van der Waals surface area contributed by atoms with E-state index in [1.165, 1.54) is 4.90 Å². The van der Waals surface area contributed by atoms with E-state index in [0.717, 1.165) is 24.0 Å². The molecule has 1 fully saturated rings. The fraction of sp³-hybridized carbons (Fsp3) is 0.467. The monoisotopic (exact) mass is 261 g/mol. The van der Waals surface area contributed by atoms with Gasteiger partial charge in [-0.25, -0.2) is 4.79 Å². The van der Waals surface area contributed by atoms with Crippen molar-refractivity contribution in [1.29, 1.82) is 0 Å². The molecule has 0 aromatic heterocycles. The van der Waals surface area contributed by atoms with Gasteiger partial charge in [-0.15, -0.1) is 0 Å². The van der Waals surface area contributed by atoms with E-state index in [1.807, 2.05) is 32.0 Å². The number of nitrogens with zero attached hydrogens (tertiary/aromatic N) is 1. The van der Waals surface area contributed by atoms with Crippen LogP contribution in [0.25, 0.3) is 0 Å². The van der Waals surface area contributed by atoms with Gasteiger partial charge in [-0.1, -0.05) is 23.8 Å². The second-order valence-corrected chi connectivity index (χ2v) is 5.44. The molecule has 2 rings (SSSR count). The zero-order valence-electron chi connectivity index (χ0n) is 11.5. The van der Waals surface area contributed by atoms with E-state index in [-0.39, 0.29) is 6.04 Å². The molecule has 1 N–H and O–H groups in total. The lowest BCUT2D eigenvalue weighted by Gasteiger charge is -2.37. The molecule has 0 spiro atoms. The highest BCUT2D eigenvalue weighted by Gasteiger charge is 2.47. The highest BCUT2D eigenvalue weighted by molar-refractivity contribution is 5.83. The van der Waals surface area contributed by atoms with Crippen molar-refractivity contribution >= 4 is 12.4 Å². The summed E-state index contributed by atoms with van der Waals surface area (Å²) in [4.78, 5) is 24.6. The normalized spacial score (nSPS) is 17.6. The van der Waals surface area contributed by atoms with Crippen LogP contribution in [0.15, 0.2) is 18.2 Å². The van der Waals surface area contributed by atoms with E-state index in [4.69, 9.17) is 0 Å². The molecule has 4 heteroatoms. The number of aryl methyl sites for hydroxylation is 2. The van der Waals surface area contributed by atoms with Gasteiger partial charge in [-0.2, -0.15) is 0 Å². The van der Waals surface area contributed by atoms with E-state index < -0.39 is 11.5 Å². The average Bonchev–Trinajstić information content (AvgIpc) is 3.13. The van der Waals surface area contributed by atoms with Crippen molar-refractivity contribution < 1.29 is 14.7 Å². The first-order valence-corrected chi connectivity index (χ1v) is 6.46. The quantitative estimate of drug-likeness (QED) is 0.827. The van der Waals surface area contributed by atoms with Crippen LogP contribution in [-0.2, 0) is 15.1 Å². The summed E-state index contributed by atoms with van der Waals surface area (Å²) in [5, 5.41) is 9.66. The molecule has 0 saturated heterocycles. The number of amides is 1. The molecular formula is C15H19NO3. The minimum atomic E-state index is -1.29. The van der Waals surface area contributed by atoms with Crippen LogP contribution >= 0.6 is 0 Å². The molecule has 1 aromatic carbocycles. The Balaban J connectivity index is 2.54. The van der Waals surface area contributed by atoms with Crippen molar-refractivity contribution in [2.75, 3.05) is 0 Å².